The molecule has 2 aromatic rings. The van der Waals surface area contributed by atoms with Gasteiger partial charge in [-0.05, 0) is 12.1 Å². The summed E-state index contributed by atoms with van der Waals surface area (Å²) in [6.07, 6.45) is -0.214. The van der Waals surface area contributed by atoms with E-state index in [1.807, 2.05) is 0 Å². The van der Waals surface area contributed by atoms with Crippen LogP contribution in [-0.4, -0.2) is 42.9 Å². The van der Waals surface area contributed by atoms with Crippen LogP contribution >= 0.6 is 0 Å². The molecule has 110 valence electrons. The molecule has 1 N–H and O–H groups in total. The van der Waals surface area contributed by atoms with Crippen molar-refractivity contribution in [3.8, 4) is 11.4 Å². The first-order valence-electron chi connectivity index (χ1n) is 6.62. The lowest BCUT2D eigenvalue weighted by molar-refractivity contribution is 0.00755. The molecule has 0 saturated carbocycles. The summed E-state index contributed by atoms with van der Waals surface area (Å²) in [6, 6.07) is 6.83. The number of methoxy groups -OCH3 is 1. The van der Waals surface area contributed by atoms with Gasteiger partial charge in [0.25, 0.3) is 5.89 Å². The molecule has 0 amide bonds. The molecule has 1 atom stereocenters. The number of rotatable bonds is 3. The standard InChI is InChI=1S/C14H15N3O4/c1-19-14(18)10-4-2-9(3-5-10)12-16-13(21-17-12)11-8-15-6-7-20-11/h2-5,11,15H,6-8H2,1H3/t11-/m0/s1. The highest BCUT2D eigenvalue weighted by molar-refractivity contribution is 5.89. The molecule has 1 aliphatic heterocycles. The van der Waals surface area contributed by atoms with Gasteiger partial charge in [-0.3, -0.25) is 0 Å². The minimum Gasteiger partial charge on any atom is -0.465 e. The molecule has 2 heterocycles. The van der Waals surface area contributed by atoms with Crippen molar-refractivity contribution >= 4 is 5.97 Å². The van der Waals surface area contributed by atoms with Crippen LogP contribution in [-0.2, 0) is 9.47 Å². The van der Waals surface area contributed by atoms with Crippen molar-refractivity contribution in [3.63, 3.8) is 0 Å². The molecule has 1 fully saturated rings. The number of morpholine rings is 1. The monoisotopic (exact) mass is 289 g/mol. The lowest BCUT2D eigenvalue weighted by atomic mass is 10.1. The third kappa shape index (κ3) is 2.93. The van der Waals surface area contributed by atoms with Crippen LogP contribution in [0, 0.1) is 0 Å². The Balaban J connectivity index is 1.77. The van der Waals surface area contributed by atoms with Crippen molar-refractivity contribution in [1.82, 2.24) is 15.5 Å². The van der Waals surface area contributed by atoms with Gasteiger partial charge in [-0.2, -0.15) is 4.98 Å². The summed E-state index contributed by atoms with van der Waals surface area (Å²) in [5, 5.41) is 7.15. The summed E-state index contributed by atoms with van der Waals surface area (Å²) in [7, 11) is 1.35. The number of benzene rings is 1. The molecular formula is C14H15N3O4. The quantitative estimate of drug-likeness (QED) is 0.849. The maximum atomic E-state index is 11.4. The second-order valence-corrected chi connectivity index (χ2v) is 4.59. The van der Waals surface area contributed by atoms with Crippen LogP contribution in [0.25, 0.3) is 11.4 Å². The van der Waals surface area contributed by atoms with Gasteiger partial charge in [0.1, 0.15) is 6.10 Å². The van der Waals surface area contributed by atoms with Gasteiger partial charge in [-0.15, -0.1) is 0 Å². The summed E-state index contributed by atoms with van der Waals surface area (Å²) in [5.74, 6) is 0.543. The van der Waals surface area contributed by atoms with Crippen LogP contribution in [0.15, 0.2) is 28.8 Å². The van der Waals surface area contributed by atoms with E-state index >= 15 is 0 Å². The Hall–Kier alpha value is -2.25. The summed E-state index contributed by atoms with van der Waals surface area (Å²) < 4.78 is 15.5. The maximum absolute atomic E-state index is 11.4. The molecule has 0 spiro atoms. The fraction of sp³-hybridized carbons (Fsp3) is 0.357. The number of hydrogen-bond acceptors (Lipinski definition) is 7. The average molecular weight is 289 g/mol. The highest BCUT2D eigenvalue weighted by Crippen LogP contribution is 2.22. The number of carbonyl (C=O) groups is 1. The molecule has 21 heavy (non-hydrogen) atoms. The summed E-state index contributed by atoms with van der Waals surface area (Å²) >= 11 is 0. The van der Waals surface area contributed by atoms with Gasteiger partial charge >= 0.3 is 5.97 Å². The minimum atomic E-state index is -0.378. The maximum Gasteiger partial charge on any atom is 0.337 e. The van der Waals surface area contributed by atoms with Gasteiger partial charge in [0.05, 0.1) is 19.3 Å². The van der Waals surface area contributed by atoms with Crippen LogP contribution in [0.5, 0.6) is 0 Å². The highest BCUT2D eigenvalue weighted by Gasteiger charge is 2.22. The zero-order valence-corrected chi connectivity index (χ0v) is 11.5. The van der Waals surface area contributed by atoms with Gasteiger partial charge in [-0.1, -0.05) is 17.3 Å². The van der Waals surface area contributed by atoms with Crippen LogP contribution in [0.3, 0.4) is 0 Å². The van der Waals surface area contributed by atoms with Gasteiger partial charge in [0.2, 0.25) is 5.82 Å². The number of ether oxygens (including phenoxy) is 2. The lowest BCUT2D eigenvalue weighted by Gasteiger charge is -2.19. The first-order chi connectivity index (χ1) is 10.3. The van der Waals surface area contributed by atoms with E-state index in [0.29, 0.717) is 30.4 Å². The summed E-state index contributed by atoms with van der Waals surface area (Å²) in [4.78, 5) is 15.7. The van der Waals surface area contributed by atoms with Crippen LogP contribution in [0.2, 0.25) is 0 Å². The molecular weight excluding hydrogens is 274 g/mol. The molecule has 7 heteroatoms. The van der Waals surface area contributed by atoms with Crippen molar-refractivity contribution < 1.29 is 18.8 Å². The van der Waals surface area contributed by atoms with E-state index in [1.165, 1.54) is 7.11 Å². The van der Waals surface area contributed by atoms with Gasteiger partial charge in [0.15, 0.2) is 0 Å². The van der Waals surface area contributed by atoms with Crippen molar-refractivity contribution in [1.29, 1.82) is 0 Å². The normalized spacial score (nSPS) is 18.4. The van der Waals surface area contributed by atoms with Crippen molar-refractivity contribution in [2.75, 3.05) is 26.8 Å². The Morgan fingerprint density at radius 3 is 2.86 bits per heavy atom. The first kappa shape index (κ1) is 13.7. The predicted octanol–water partition coefficient (Wildman–Crippen LogP) is 1.18. The van der Waals surface area contributed by atoms with E-state index in [-0.39, 0.29) is 12.1 Å². The lowest BCUT2D eigenvalue weighted by Crippen LogP contribution is -2.33. The number of esters is 1. The van der Waals surface area contributed by atoms with E-state index in [2.05, 4.69) is 20.2 Å². The number of aromatic nitrogens is 2. The fourth-order valence-corrected chi connectivity index (χ4v) is 2.08. The molecule has 7 nitrogen and oxygen atoms in total. The zero-order chi connectivity index (χ0) is 14.7. The molecule has 0 unspecified atom stereocenters. The van der Waals surface area contributed by atoms with E-state index in [0.717, 1.165) is 12.1 Å². The van der Waals surface area contributed by atoms with Crippen LogP contribution in [0.1, 0.15) is 22.4 Å². The fourth-order valence-electron chi connectivity index (χ4n) is 2.08. The predicted molar refractivity (Wildman–Crippen MR) is 72.6 cm³/mol. The Labute approximate surface area is 121 Å². The van der Waals surface area contributed by atoms with Gasteiger partial charge in [-0.25, -0.2) is 4.79 Å². The second-order valence-electron chi connectivity index (χ2n) is 4.59. The summed E-state index contributed by atoms with van der Waals surface area (Å²) in [5.41, 5.74) is 1.24. The Morgan fingerprint density at radius 1 is 1.38 bits per heavy atom. The number of hydrogen-bond donors (Lipinski definition) is 1. The van der Waals surface area contributed by atoms with Crippen molar-refractivity contribution in [3.05, 3.63) is 35.7 Å². The number of nitrogens with one attached hydrogen (secondary N) is 1. The molecule has 1 saturated heterocycles. The van der Waals surface area contributed by atoms with E-state index in [4.69, 9.17) is 9.26 Å². The third-order valence-electron chi connectivity index (χ3n) is 3.21. The molecule has 0 aliphatic carbocycles. The van der Waals surface area contributed by atoms with E-state index in [9.17, 15) is 4.79 Å². The number of nitrogens with zero attached hydrogens (tertiary/aromatic N) is 2. The second kappa shape index (κ2) is 6.02. The third-order valence-corrected chi connectivity index (χ3v) is 3.21. The van der Waals surface area contributed by atoms with Gasteiger partial charge in [0, 0.05) is 18.7 Å². The first-order valence-corrected chi connectivity index (χ1v) is 6.62. The smallest absolute Gasteiger partial charge is 0.337 e. The highest BCUT2D eigenvalue weighted by atomic mass is 16.5. The minimum absolute atomic E-state index is 0.214. The molecule has 1 aromatic carbocycles. The molecule has 1 aromatic heterocycles. The van der Waals surface area contributed by atoms with Crippen LogP contribution in [0.4, 0.5) is 0 Å². The van der Waals surface area contributed by atoms with Gasteiger partial charge < -0.3 is 19.3 Å². The topological polar surface area (TPSA) is 86.5 Å². The Bertz CT molecular complexity index is 617. The Kier molecular flexibility index (Phi) is 3.94. The molecule has 0 bridgehead atoms. The number of carbonyl (C=O) groups excluding carboxylic acids is 1. The molecule has 0 radical (unpaired) electrons. The summed E-state index contributed by atoms with van der Waals surface area (Å²) in [6.45, 7) is 2.10. The van der Waals surface area contributed by atoms with Crippen molar-refractivity contribution in [2.45, 2.75) is 6.10 Å². The van der Waals surface area contributed by atoms with E-state index < -0.39 is 0 Å². The largest absolute Gasteiger partial charge is 0.465 e. The van der Waals surface area contributed by atoms with Crippen molar-refractivity contribution in [2.24, 2.45) is 0 Å². The SMILES string of the molecule is COC(=O)c1ccc(-c2noc([C@@H]3CNCCO3)n2)cc1. The average Bonchev–Trinajstić information content (AvgIpc) is 3.05. The van der Waals surface area contributed by atoms with E-state index in [1.54, 1.807) is 24.3 Å². The Morgan fingerprint density at radius 2 is 2.19 bits per heavy atom. The molecule has 1 aliphatic rings. The van der Waals surface area contributed by atoms with Crippen LogP contribution < -0.4 is 5.32 Å². The zero-order valence-electron chi connectivity index (χ0n) is 11.5. The molecule has 3 rings (SSSR count).